The Morgan fingerprint density at radius 3 is 2.27 bits per heavy atom. The summed E-state index contributed by atoms with van der Waals surface area (Å²) in [7, 11) is 1.70. The van der Waals surface area contributed by atoms with Crippen LogP contribution < -0.4 is 10.2 Å². The first kappa shape index (κ1) is 29.9. The van der Waals surface area contributed by atoms with Crippen LogP contribution in [-0.2, 0) is 16.1 Å². The summed E-state index contributed by atoms with van der Waals surface area (Å²) in [5.74, 6) is -0.420. The molecule has 1 aliphatic rings. The summed E-state index contributed by atoms with van der Waals surface area (Å²) in [5.41, 5.74) is 1.56. The molecule has 1 aliphatic heterocycles. The lowest BCUT2D eigenvalue weighted by molar-refractivity contribution is -0.385. The molecule has 2 aromatic carbocycles. The minimum absolute atomic E-state index is 0.0374. The molecule has 0 unspecified atom stereocenters. The van der Waals surface area contributed by atoms with Crippen molar-refractivity contribution in [3.05, 3.63) is 67.7 Å². The zero-order valence-electron chi connectivity index (χ0n) is 21.2. The fourth-order valence-corrected chi connectivity index (χ4v) is 3.97. The monoisotopic (exact) mass is 551 g/mol. The molecule has 0 bridgehead atoms. The maximum Gasteiger partial charge on any atom is 0.282 e. The molecule has 0 radical (unpaired) electrons. The number of nitrogens with zero attached hydrogens (tertiary/aromatic N) is 4. The number of nitro benzene ring substituents is 1. The summed E-state index contributed by atoms with van der Waals surface area (Å²) in [6.45, 7) is 8.13. The number of amides is 3. The Morgan fingerprint density at radius 1 is 1.11 bits per heavy atom. The second-order valence-electron chi connectivity index (χ2n) is 8.85. The molecule has 1 saturated heterocycles. The number of anilines is 1. The van der Waals surface area contributed by atoms with Gasteiger partial charge in [-0.05, 0) is 43.7 Å². The average Bonchev–Trinajstić information content (AvgIpc) is 2.85. The van der Waals surface area contributed by atoms with Gasteiger partial charge in [-0.1, -0.05) is 29.3 Å². The van der Waals surface area contributed by atoms with Gasteiger partial charge in [-0.2, -0.15) is 0 Å². The van der Waals surface area contributed by atoms with E-state index in [0.717, 1.165) is 17.7 Å². The maximum absolute atomic E-state index is 12.3. The molecular formula is C25H31Cl2N5O5. The fourth-order valence-electron chi connectivity index (χ4n) is 3.64. The highest BCUT2D eigenvalue weighted by atomic mass is 35.5. The zero-order chi connectivity index (χ0) is 27.7. The molecule has 2 aromatic rings. The van der Waals surface area contributed by atoms with E-state index < -0.39 is 10.8 Å². The van der Waals surface area contributed by atoms with Gasteiger partial charge in [0.25, 0.3) is 11.6 Å². The fraction of sp³-hybridized carbons (Fsp3) is 0.400. The summed E-state index contributed by atoms with van der Waals surface area (Å²) < 4.78 is 0. The molecule has 3 rings (SSSR count). The van der Waals surface area contributed by atoms with Gasteiger partial charge in [0, 0.05) is 64.5 Å². The summed E-state index contributed by atoms with van der Waals surface area (Å²) >= 11 is 11.5. The summed E-state index contributed by atoms with van der Waals surface area (Å²) in [6, 6.07) is 9.77. The molecule has 10 nitrogen and oxygen atoms in total. The van der Waals surface area contributed by atoms with Crippen LogP contribution in [0.15, 0.2) is 36.4 Å². The number of nitrogens with one attached hydrogen (secondary N) is 1. The van der Waals surface area contributed by atoms with Gasteiger partial charge in [0.15, 0.2) is 0 Å². The summed E-state index contributed by atoms with van der Waals surface area (Å²) in [6.07, 6.45) is 0.766. The average molecular weight is 552 g/mol. The van der Waals surface area contributed by atoms with Crippen LogP contribution in [0.1, 0.15) is 36.7 Å². The van der Waals surface area contributed by atoms with Crippen molar-refractivity contribution in [2.45, 2.75) is 33.4 Å². The van der Waals surface area contributed by atoms with Crippen LogP contribution in [0.2, 0.25) is 10.0 Å². The van der Waals surface area contributed by atoms with Gasteiger partial charge >= 0.3 is 0 Å². The summed E-state index contributed by atoms with van der Waals surface area (Å²) in [4.78, 5) is 49.9. The largest absolute Gasteiger partial charge is 0.368 e. The number of piperazine rings is 1. The van der Waals surface area contributed by atoms with Crippen molar-refractivity contribution in [2.24, 2.45) is 0 Å². The molecule has 0 atom stereocenters. The molecule has 0 spiro atoms. The highest BCUT2D eigenvalue weighted by molar-refractivity contribution is 6.42. The lowest BCUT2D eigenvalue weighted by Gasteiger charge is -2.35. The molecule has 200 valence electrons. The topological polar surface area (TPSA) is 116 Å². The molecule has 0 aliphatic carbocycles. The number of benzene rings is 2. The third-order valence-corrected chi connectivity index (χ3v) is 6.27. The van der Waals surface area contributed by atoms with Crippen LogP contribution in [0.3, 0.4) is 0 Å². The second kappa shape index (κ2) is 13.8. The van der Waals surface area contributed by atoms with E-state index in [2.05, 4.69) is 5.32 Å². The van der Waals surface area contributed by atoms with Crippen LogP contribution in [0.4, 0.5) is 11.4 Å². The Kier molecular flexibility index (Phi) is 11.1. The molecule has 1 heterocycles. The van der Waals surface area contributed by atoms with Crippen molar-refractivity contribution < 1.29 is 19.3 Å². The van der Waals surface area contributed by atoms with Gasteiger partial charge in [-0.25, -0.2) is 0 Å². The Balaban J connectivity index is 0.000000312. The molecular weight excluding hydrogens is 521 g/mol. The highest BCUT2D eigenvalue weighted by Gasteiger charge is 2.24. The van der Waals surface area contributed by atoms with E-state index in [-0.39, 0.29) is 23.2 Å². The minimum Gasteiger partial charge on any atom is -0.368 e. The van der Waals surface area contributed by atoms with E-state index in [0.29, 0.717) is 42.8 Å². The van der Waals surface area contributed by atoms with Gasteiger partial charge in [0.05, 0.1) is 15.0 Å². The van der Waals surface area contributed by atoms with Crippen LogP contribution in [-0.4, -0.2) is 72.2 Å². The van der Waals surface area contributed by atoms with Crippen molar-refractivity contribution in [2.75, 3.05) is 38.1 Å². The van der Waals surface area contributed by atoms with Crippen molar-refractivity contribution in [3.8, 4) is 0 Å². The predicted molar refractivity (Wildman–Crippen MR) is 144 cm³/mol. The number of rotatable bonds is 7. The van der Waals surface area contributed by atoms with Crippen LogP contribution in [0.25, 0.3) is 0 Å². The Bertz CT molecular complexity index is 1140. The van der Waals surface area contributed by atoms with Gasteiger partial charge in [-0.3, -0.25) is 24.5 Å². The number of halogens is 2. The van der Waals surface area contributed by atoms with Crippen LogP contribution >= 0.6 is 23.2 Å². The Labute approximate surface area is 226 Å². The Hall–Kier alpha value is -3.37. The van der Waals surface area contributed by atoms with E-state index in [4.69, 9.17) is 23.2 Å². The van der Waals surface area contributed by atoms with Gasteiger partial charge < -0.3 is 20.0 Å². The third-order valence-electron chi connectivity index (χ3n) is 5.53. The smallest absolute Gasteiger partial charge is 0.282 e. The van der Waals surface area contributed by atoms with Crippen molar-refractivity contribution >= 4 is 52.8 Å². The lowest BCUT2D eigenvalue weighted by atomic mass is 10.1. The quantitative estimate of drug-likeness (QED) is 0.316. The normalized spacial score (nSPS) is 12.9. The summed E-state index contributed by atoms with van der Waals surface area (Å²) in [5, 5.41) is 14.9. The first-order valence-corrected chi connectivity index (χ1v) is 12.4. The predicted octanol–water partition coefficient (Wildman–Crippen LogP) is 3.98. The molecule has 1 fully saturated rings. The van der Waals surface area contributed by atoms with E-state index in [1.807, 2.05) is 11.0 Å². The number of carbonyl (C=O) groups is 3. The SMILES string of the molecule is CC(=O)N1CCN(c2ccc([N+](=O)[O-])c(C(=O)NC(C)C)c2)CC1.CN(C=O)Cc1ccc(Cl)c(Cl)c1. The first-order valence-electron chi connectivity index (χ1n) is 11.6. The Morgan fingerprint density at radius 2 is 1.76 bits per heavy atom. The van der Waals surface area contributed by atoms with Crippen molar-refractivity contribution in [1.82, 2.24) is 15.1 Å². The second-order valence-corrected chi connectivity index (χ2v) is 9.66. The van der Waals surface area contributed by atoms with E-state index >= 15 is 0 Å². The van der Waals surface area contributed by atoms with Gasteiger partial charge in [-0.15, -0.1) is 0 Å². The molecule has 1 N–H and O–H groups in total. The molecule has 0 aromatic heterocycles. The van der Waals surface area contributed by atoms with Crippen molar-refractivity contribution in [1.29, 1.82) is 0 Å². The standard InChI is InChI=1S/C16H22N4O4.C9H9Cl2NO/c1-11(2)17-16(22)14-10-13(4-5-15(14)20(23)24)19-8-6-18(7-9-19)12(3)21;1-12(6-13)5-7-2-3-8(10)9(11)4-7/h4-5,10-11H,6-9H2,1-3H3,(H,17,22);2-4,6H,5H2,1H3. The molecule has 12 heteroatoms. The van der Waals surface area contributed by atoms with Gasteiger partial charge in [0.2, 0.25) is 12.3 Å². The van der Waals surface area contributed by atoms with Crippen LogP contribution in [0.5, 0.6) is 0 Å². The lowest BCUT2D eigenvalue weighted by Crippen LogP contribution is -2.48. The number of carbonyl (C=O) groups excluding carboxylic acids is 3. The zero-order valence-corrected chi connectivity index (χ0v) is 22.8. The van der Waals surface area contributed by atoms with E-state index in [9.17, 15) is 24.5 Å². The number of nitro groups is 1. The van der Waals surface area contributed by atoms with E-state index in [1.165, 1.54) is 17.9 Å². The van der Waals surface area contributed by atoms with Gasteiger partial charge in [0.1, 0.15) is 5.56 Å². The van der Waals surface area contributed by atoms with Crippen molar-refractivity contribution in [3.63, 3.8) is 0 Å². The highest BCUT2D eigenvalue weighted by Crippen LogP contribution is 2.26. The van der Waals surface area contributed by atoms with E-state index in [1.54, 1.807) is 50.1 Å². The number of hydrogen-bond donors (Lipinski definition) is 1. The molecule has 3 amide bonds. The molecule has 0 saturated carbocycles. The third kappa shape index (κ3) is 8.91. The number of hydrogen-bond acceptors (Lipinski definition) is 6. The molecule has 37 heavy (non-hydrogen) atoms. The first-order chi connectivity index (χ1) is 17.4. The maximum atomic E-state index is 12.3. The van der Waals surface area contributed by atoms with Crippen LogP contribution in [0, 0.1) is 10.1 Å². The minimum atomic E-state index is -0.549.